The number of nitrogens with two attached hydrogens (primary N) is 1. The molecule has 6 heteroatoms. The highest BCUT2D eigenvalue weighted by atomic mass is 19.3. The molecule has 0 aliphatic carbocycles. The second-order valence-electron chi connectivity index (χ2n) is 3.44. The van der Waals surface area contributed by atoms with E-state index < -0.39 is 6.43 Å². The lowest BCUT2D eigenvalue weighted by molar-refractivity contribution is 0.0746. The first-order chi connectivity index (χ1) is 7.61. The summed E-state index contributed by atoms with van der Waals surface area (Å²) in [5, 5.41) is 8.76. The Morgan fingerprint density at radius 2 is 2.25 bits per heavy atom. The molecule has 4 nitrogen and oxygen atoms in total. The van der Waals surface area contributed by atoms with Crippen LogP contribution in [0.2, 0.25) is 0 Å². The van der Waals surface area contributed by atoms with Crippen molar-refractivity contribution in [2.24, 2.45) is 0 Å². The standard InChI is InChI=1S/C10H15F2N3O/c11-9(12)7-15(3-4-16)6-8-1-2-14-10(13)5-8/h1-2,5,9,16H,3-4,6-7H2,(H2,13,14). The summed E-state index contributed by atoms with van der Waals surface area (Å²) in [6, 6.07) is 3.35. The number of alkyl halides is 2. The van der Waals surface area contributed by atoms with Crippen LogP contribution in [0, 0.1) is 0 Å². The van der Waals surface area contributed by atoms with Crippen LogP contribution in [0.3, 0.4) is 0 Å². The fourth-order valence-electron chi connectivity index (χ4n) is 1.42. The molecule has 16 heavy (non-hydrogen) atoms. The number of pyridine rings is 1. The monoisotopic (exact) mass is 231 g/mol. The lowest BCUT2D eigenvalue weighted by Crippen LogP contribution is -2.31. The van der Waals surface area contributed by atoms with Gasteiger partial charge in [0.1, 0.15) is 5.82 Å². The van der Waals surface area contributed by atoms with E-state index in [0.29, 0.717) is 12.4 Å². The van der Waals surface area contributed by atoms with Crippen molar-refractivity contribution >= 4 is 5.82 Å². The fraction of sp³-hybridized carbons (Fsp3) is 0.500. The molecule has 3 N–H and O–H groups in total. The second kappa shape index (κ2) is 6.34. The summed E-state index contributed by atoms with van der Waals surface area (Å²) < 4.78 is 24.5. The van der Waals surface area contributed by atoms with Crippen LogP contribution >= 0.6 is 0 Å². The van der Waals surface area contributed by atoms with Gasteiger partial charge < -0.3 is 10.8 Å². The van der Waals surface area contributed by atoms with Crippen molar-refractivity contribution in [3.05, 3.63) is 23.9 Å². The third-order valence-corrected chi connectivity index (χ3v) is 2.06. The summed E-state index contributed by atoms with van der Waals surface area (Å²) in [5.74, 6) is 0.360. The van der Waals surface area contributed by atoms with Gasteiger partial charge in [0.05, 0.1) is 13.2 Å². The van der Waals surface area contributed by atoms with Gasteiger partial charge in [-0.2, -0.15) is 0 Å². The highest BCUT2D eigenvalue weighted by molar-refractivity contribution is 5.31. The zero-order valence-corrected chi connectivity index (χ0v) is 8.81. The summed E-state index contributed by atoms with van der Waals surface area (Å²) in [4.78, 5) is 5.29. The molecular formula is C10H15F2N3O. The van der Waals surface area contributed by atoms with E-state index in [-0.39, 0.29) is 19.7 Å². The number of aliphatic hydroxyl groups excluding tert-OH is 1. The van der Waals surface area contributed by atoms with E-state index in [9.17, 15) is 8.78 Å². The van der Waals surface area contributed by atoms with Gasteiger partial charge in [-0.05, 0) is 17.7 Å². The first-order valence-corrected chi connectivity index (χ1v) is 4.93. The number of nitrogen functional groups attached to an aromatic ring is 1. The number of aliphatic hydroxyl groups is 1. The van der Waals surface area contributed by atoms with Crippen molar-refractivity contribution in [1.29, 1.82) is 0 Å². The van der Waals surface area contributed by atoms with Crippen molar-refractivity contribution in [3.8, 4) is 0 Å². The molecule has 1 rings (SSSR count). The van der Waals surface area contributed by atoms with E-state index >= 15 is 0 Å². The molecule has 0 aliphatic rings. The number of rotatable bonds is 6. The Balaban J connectivity index is 2.60. The van der Waals surface area contributed by atoms with Crippen molar-refractivity contribution in [2.75, 3.05) is 25.4 Å². The minimum absolute atomic E-state index is 0.146. The number of halogens is 2. The van der Waals surface area contributed by atoms with E-state index in [2.05, 4.69) is 4.98 Å². The van der Waals surface area contributed by atoms with Crippen LogP contribution in [-0.2, 0) is 6.54 Å². The fourth-order valence-corrected chi connectivity index (χ4v) is 1.42. The van der Waals surface area contributed by atoms with Gasteiger partial charge in [-0.25, -0.2) is 13.8 Å². The van der Waals surface area contributed by atoms with Gasteiger partial charge in [0.25, 0.3) is 6.43 Å². The molecule has 1 aromatic heterocycles. The van der Waals surface area contributed by atoms with Crippen LogP contribution in [-0.4, -0.2) is 41.1 Å². The van der Waals surface area contributed by atoms with Crippen molar-refractivity contribution in [1.82, 2.24) is 9.88 Å². The molecule has 0 saturated carbocycles. The van der Waals surface area contributed by atoms with Crippen molar-refractivity contribution < 1.29 is 13.9 Å². The lowest BCUT2D eigenvalue weighted by Gasteiger charge is -2.20. The van der Waals surface area contributed by atoms with Gasteiger partial charge in [0.2, 0.25) is 0 Å². The third kappa shape index (κ3) is 4.50. The molecule has 0 bridgehead atoms. The highest BCUT2D eigenvalue weighted by Gasteiger charge is 2.12. The molecular weight excluding hydrogens is 216 g/mol. The quantitative estimate of drug-likeness (QED) is 0.757. The maximum absolute atomic E-state index is 12.2. The first kappa shape index (κ1) is 12.8. The molecule has 0 aromatic carbocycles. The Labute approximate surface area is 92.7 Å². The number of hydrogen-bond donors (Lipinski definition) is 2. The van der Waals surface area contributed by atoms with Crippen molar-refractivity contribution in [3.63, 3.8) is 0 Å². The minimum atomic E-state index is -2.41. The molecule has 0 fully saturated rings. The summed E-state index contributed by atoms with van der Waals surface area (Å²) in [7, 11) is 0. The average Bonchev–Trinajstić information content (AvgIpc) is 2.16. The maximum Gasteiger partial charge on any atom is 0.251 e. The molecule has 0 radical (unpaired) electrons. The van der Waals surface area contributed by atoms with Crippen LogP contribution < -0.4 is 5.73 Å². The number of nitrogens with zero attached hydrogens (tertiary/aromatic N) is 2. The predicted molar refractivity (Wildman–Crippen MR) is 57.0 cm³/mol. The molecule has 0 aliphatic heterocycles. The van der Waals surface area contributed by atoms with Crippen LogP contribution in [0.1, 0.15) is 5.56 Å². The Kier molecular flexibility index (Phi) is 5.07. The predicted octanol–water partition coefficient (Wildman–Crippen LogP) is 0.723. The molecule has 0 saturated heterocycles. The Morgan fingerprint density at radius 3 is 2.81 bits per heavy atom. The molecule has 0 atom stereocenters. The molecule has 0 unspecified atom stereocenters. The van der Waals surface area contributed by atoms with Gasteiger partial charge in [0.15, 0.2) is 0 Å². The lowest BCUT2D eigenvalue weighted by atomic mass is 10.2. The molecule has 0 amide bonds. The summed E-state index contributed by atoms with van der Waals surface area (Å²) >= 11 is 0. The van der Waals surface area contributed by atoms with E-state index in [0.717, 1.165) is 5.56 Å². The Hall–Kier alpha value is -1.27. The summed E-state index contributed by atoms with van der Waals surface area (Å²) in [5.41, 5.74) is 6.29. The zero-order chi connectivity index (χ0) is 12.0. The summed E-state index contributed by atoms with van der Waals surface area (Å²) in [6.45, 7) is 0.0419. The zero-order valence-electron chi connectivity index (χ0n) is 8.81. The van der Waals surface area contributed by atoms with Gasteiger partial charge >= 0.3 is 0 Å². The third-order valence-electron chi connectivity index (χ3n) is 2.06. The van der Waals surface area contributed by atoms with Gasteiger partial charge in [-0.15, -0.1) is 0 Å². The SMILES string of the molecule is Nc1cc(CN(CCO)CC(F)F)ccn1. The second-order valence-corrected chi connectivity index (χ2v) is 3.44. The first-order valence-electron chi connectivity index (χ1n) is 4.93. The van der Waals surface area contributed by atoms with E-state index in [1.165, 1.54) is 11.1 Å². The smallest absolute Gasteiger partial charge is 0.251 e. The number of aromatic nitrogens is 1. The van der Waals surface area contributed by atoms with Gasteiger partial charge in [0, 0.05) is 19.3 Å². The van der Waals surface area contributed by atoms with Crippen LogP contribution in [0.15, 0.2) is 18.3 Å². The molecule has 1 aromatic rings. The highest BCUT2D eigenvalue weighted by Crippen LogP contribution is 2.08. The number of hydrogen-bond acceptors (Lipinski definition) is 4. The molecule has 0 spiro atoms. The Bertz CT molecular complexity index is 323. The van der Waals surface area contributed by atoms with Crippen molar-refractivity contribution in [2.45, 2.75) is 13.0 Å². The maximum atomic E-state index is 12.2. The average molecular weight is 231 g/mol. The topological polar surface area (TPSA) is 62.4 Å². The van der Waals surface area contributed by atoms with E-state index in [4.69, 9.17) is 10.8 Å². The van der Waals surface area contributed by atoms with E-state index in [1.807, 2.05) is 0 Å². The molecule has 90 valence electrons. The van der Waals surface area contributed by atoms with Crippen LogP contribution in [0.4, 0.5) is 14.6 Å². The van der Waals surface area contributed by atoms with Gasteiger partial charge in [-0.1, -0.05) is 0 Å². The Morgan fingerprint density at radius 1 is 1.50 bits per heavy atom. The van der Waals surface area contributed by atoms with Crippen LogP contribution in [0.25, 0.3) is 0 Å². The van der Waals surface area contributed by atoms with E-state index in [1.54, 1.807) is 12.1 Å². The molecule has 1 heterocycles. The van der Waals surface area contributed by atoms with Crippen LogP contribution in [0.5, 0.6) is 0 Å². The summed E-state index contributed by atoms with van der Waals surface area (Å²) in [6.07, 6.45) is -0.879. The normalized spacial score (nSPS) is 11.3. The van der Waals surface area contributed by atoms with Gasteiger partial charge in [-0.3, -0.25) is 4.90 Å². The minimum Gasteiger partial charge on any atom is -0.395 e. The largest absolute Gasteiger partial charge is 0.395 e. The number of anilines is 1.